The topological polar surface area (TPSA) is 84.5 Å². The van der Waals surface area contributed by atoms with Crippen LogP contribution in [0.25, 0.3) is 0 Å². The van der Waals surface area contributed by atoms with Gasteiger partial charge in [-0.1, -0.05) is 0 Å². The van der Waals surface area contributed by atoms with Crippen molar-refractivity contribution in [2.75, 3.05) is 31.1 Å². The van der Waals surface area contributed by atoms with E-state index in [2.05, 4.69) is 5.10 Å². The smallest absolute Gasteiger partial charge is 0.363 e. The number of nitro benzene ring substituents is 1. The molecule has 0 spiro atoms. The van der Waals surface area contributed by atoms with Gasteiger partial charge in [0.1, 0.15) is 11.3 Å². The van der Waals surface area contributed by atoms with Gasteiger partial charge in [0.05, 0.1) is 22.8 Å². The van der Waals surface area contributed by atoms with Gasteiger partial charge in [-0.25, -0.2) is 4.68 Å². The molecule has 2 aliphatic rings. The number of aromatic nitrogens is 2. The zero-order valence-electron chi connectivity index (χ0n) is 17.6. The number of halogens is 6. The Balaban J connectivity index is 1.51. The summed E-state index contributed by atoms with van der Waals surface area (Å²) in [6, 6.07) is 3.09. The summed E-state index contributed by atoms with van der Waals surface area (Å²) in [6.07, 6.45) is -8.14. The van der Waals surface area contributed by atoms with E-state index >= 15 is 0 Å². The zero-order valence-corrected chi connectivity index (χ0v) is 17.6. The second kappa shape index (κ2) is 8.56. The zero-order chi connectivity index (χ0) is 24.8. The van der Waals surface area contributed by atoms with E-state index < -0.39 is 39.6 Å². The molecule has 2 heterocycles. The molecule has 0 amide bonds. The molecule has 1 saturated heterocycles. The molecule has 1 saturated carbocycles. The Labute approximate surface area is 188 Å². The Bertz CT molecular complexity index is 1150. The molecule has 184 valence electrons. The van der Waals surface area contributed by atoms with E-state index in [0.29, 0.717) is 18.9 Å². The lowest BCUT2D eigenvalue weighted by Crippen LogP contribution is -2.48. The van der Waals surface area contributed by atoms with Crippen molar-refractivity contribution < 1.29 is 31.3 Å². The first-order chi connectivity index (χ1) is 15.8. The van der Waals surface area contributed by atoms with Crippen LogP contribution in [0.2, 0.25) is 0 Å². The quantitative estimate of drug-likeness (QED) is 0.359. The van der Waals surface area contributed by atoms with E-state index in [9.17, 15) is 41.3 Å². The Kier molecular flexibility index (Phi) is 6.04. The number of nitrogens with zero attached hydrogens (tertiary/aromatic N) is 5. The lowest BCUT2D eigenvalue weighted by Gasteiger charge is -2.35. The molecule has 2 aromatic rings. The summed E-state index contributed by atoms with van der Waals surface area (Å²) in [7, 11) is 0. The average molecular weight is 491 g/mol. The van der Waals surface area contributed by atoms with Gasteiger partial charge in [-0.15, -0.1) is 0 Å². The fraction of sp³-hybridized carbons (Fsp3) is 0.500. The van der Waals surface area contributed by atoms with Gasteiger partial charge >= 0.3 is 12.4 Å². The van der Waals surface area contributed by atoms with Crippen LogP contribution < -0.4 is 10.5 Å². The first-order valence-corrected chi connectivity index (χ1v) is 10.4. The number of benzene rings is 1. The van der Waals surface area contributed by atoms with Crippen LogP contribution in [0.15, 0.2) is 29.1 Å². The van der Waals surface area contributed by atoms with Crippen molar-refractivity contribution in [2.45, 2.75) is 37.8 Å². The maximum atomic E-state index is 13.3. The lowest BCUT2D eigenvalue weighted by atomic mass is 10.1. The number of hydrogen-bond acceptors (Lipinski definition) is 6. The Hall–Kier alpha value is -3.16. The molecule has 34 heavy (non-hydrogen) atoms. The second-order valence-corrected chi connectivity index (χ2v) is 8.26. The van der Waals surface area contributed by atoms with Crippen LogP contribution in [0.4, 0.5) is 37.7 Å². The van der Waals surface area contributed by atoms with Gasteiger partial charge in [0.2, 0.25) is 0 Å². The van der Waals surface area contributed by atoms with Crippen LogP contribution >= 0.6 is 0 Å². The molecular formula is C20H19F6N5O3. The van der Waals surface area contributed by atoms with Crippen molar-refractivity contribution in [3.05, 3.63) is 61.6 Å². The number of piperazine rings is 1. The minimum atomic E-state index is -4.81. The third kappa shape index (κ3) is 5.00. The van der Waals surface area contributed by atoms with Crippen LogP contribution in [0.3, 0.4) is 0 Å². The van der Waals surface area contributed by atoms with E-state index in [-0.39, 0.29) is 50.1 Å². The SMILES string of the molecule is O=c1c(C(F)(F)F)cc(C2CC2)nn1CN1CCN(c2ccc(C(F)(F)F)cc2[N+](=O)[O-])CC1. The molecule has 8 nitrogen and oxygen atoms in total. The Morgan fingerprint density at radius 1 is 1.00 bits per heavy atom. The molecule has 1 aromatic heterocycles. The summed E-state index contributed by atoms with van der Waals surface area (Å²) >= 11 is 0. The predicted molar refractivity (Wildman–Crippen MR) is 107 cm³/mol. The maximum Gasteiger partial charge on any atom is 0.421 e. The van der Waals surface area contributed by atoms with Gasteiger partial charge in [0.25, 0.3) is 11.2 Å². The maximum absolute atomic E-state index is 13.3. The van der Waals surface area contributed by atoms with E-state index in [1.165, 1.54) is 4.90 Å². The molecule has 2 fully saturated rings. The molecule has 0 radical (unpaired) electrons. The first-order valence-electron chi connectivity index (χ1n) is 10.4. The third-order valence-corrected chi connectivity index (χ3v) is 5.84. The van der Waals surface area contributed by atoms with Crippen molar-refractivity contribution in [3.63, 3.8) is 0 Å². The van der Waals surface area contributed by atoms with Gasteiger partial charge in [0, 0.05) is 38.2 Å². The van der Waals surface area contributed by atoms with Crippen molar-refractivity contribution in [1.82, 2.24) is 14.7 Å². The highest BCUT2D eigenvalue weighted by Gasteiger charge is 2.38. The second-order valence-electron chi connectivity index (χ2n) is 8.26. The summed E-state index contributed by atoms with van der Waals surface area (Å²) in [6.45, 7) is 0.540. The van der Waals surface area contributed by atoms with Gasteiger partial charge in [-0.2, -0.15) is 31.4 Å². The number of nitro groups is 1. The van der Waals surface area contributed by atoms with Gasteiger partial charge < -0.3 is 4.90 Å². The number of anilines is 1. The average Bonchev–Trinajstić information content (AvgIpc) is 3.59. The van der Waals surface area contributed by atoms with Crippen molar-refractivity contribution in [3.8, 4) is 0 Å². The standard InChI is InChI=1S/C20H19F6N5O3/c21-19(22,23)13-3-4-16(17(9-13)31(33)34)29-7-5-28(6-8-29)11-30-18(32)14(20(24,25)26)10-15(27-30)12-1-2-12/h3-4,9-10,12H,1-2,5-8,11H2. The largest absolute Gasteiger partial charge is 0.421 e. The Morgan fingerprint density at radius 3 is 2.18 bits per heavy atom. The fourth-order valence-electron chi connectivity index (χ4n) is 3.87. The molecule has 0 atom stereocenters. The van der Waals surface area contributed by atoms with E-state index in [0.717, 1.165) is 22.9 Å². The fourth-order valence-corrected chi connectivity index (χ4v) is 3.87. The molecule has 4 rings (SSSR count). The highest BCUT2D eigenvalue weighted by Crippen LogP contribution is 2.40. The minimum Gasteiger partial charge on any atom is -0.363 e. The first kappa shape index (κ1) is 24.0. The van der Waals surface area contributed by atoms with Crippen LogP contribution in [0, 0.1) is 10.1 Å². The highest BCUT2D eigenvalue weighted by atomic mass is 19.4. The molecule has 0 unspecified atom stereocenters. The molecular weight excluding hydrogens is 472 g/mol. The van der Waals surface area contributed by atoms with Crippen LogP contribution in [0.1, 0.15) is 35.6 Å². The van der Waals surface area contributed by atoms with E-state index in [1.807, 2.05) is 0 Å². The van der Waals surface area contributed by atoms with Gasteiger partial charge in [-0.3, -0.25) is 19.8 Å². The summed E-state index contributed by atoms with van der Waals surface area (Å²) < 4.78 is 79.6. The molecule has 1 aromatic carbocycles. The van der Waals surface area contributed by atoms with Crippen LogP contribution in [0.5, 0.6) is 0 Å². The lowest BCUT2D eigenvalue weighted by molar-refractivity contribution is -0.384. The molecule has 0 bridgehead atoms. The molecule has 1 aliphatic carbocycles. The minimum absolute atomic E-state index is 0.0167. The highest BCUT2D eigenvalue weighted by molar-refractivity contribution is 5.65. The monoisotopic (exact) mass is 491 g/mol. The van der Waals surface area contributed by atoms with E-state index in [1.54, 1.807) is 4.90 Å². The van der Waals surface area contributed by atoms with Crippen molar-refractivity contribution in [1.29, 1.82) is 0 Å². The molecule has 1 aliphatic heterocycles. The van der Waals surface area contributed by atoms with Gasteiger partial charge in [-0.05, 0) is 31.0 Å². The number of hydrogen-bond donors (Lipinski definition) is 0. The van der Waals surface area contributed by atoms with E-state index in [4.69, 9.17) is 0 Å². The summed E-state index contributed by atoms with van der Waals surface area (Å²) in [5.74, 6) is -0.106. The number of alkyl halides is 6. The normalized spacial score (nSPS) is 17.8. The summed E-state index contributed by atoms with van der Waals surface area (Å²) in [5.41, 5.74) is -4.12. The predicted octanol–water partition coefficient (Wildman–Crippen LogP) is 3.85. The van der Waals surface area contributed by atoms with Crippen molar-refractivity contribution >= 4 is 11.4 Å². The van der Waals surface area contributed by atoms with Crippen molar-refractivity contribution in [2.24, 2.45) is 0 Å². The van der Waals surface area contributed by atoms with Gasteiger partial charge in [0.15, 0.2) is 0 Å². The van der Waals surface area contributed by atoms with Crippen LogP contribution in [-0.4, -0.2) is 45.8 Å². The number of rotatable bonds is 5. The third-order valence-electron chi connectivity index (χ3n) is 5.84. The summed E-state index contributed by atoms with van der Waals surface area (Å²) in [5, 5.41) is 15.5. The molecule has 14 heteroatoms. The molecule has 0 N–H and O–H groups in total. The summed E-state index contributed by atoms with van der Waals surface area (Å²) in [4.78, 5) is 26.0. The Morgan fingerprint density at radius 2 is 1.65 bits per heavy atom. The van der Waals surface area contributed by atoms with Crippen LogP contribution in [-0.2, 0) is 19.0 Å².